The van der Waals surface area contributed by atoms with Gasteiger partial charge >= 0.3 is 11.9 Å². The van der Waals surface area contributed by atoms with Crippen molar-refractivity contribution in [3.8, 4) is 0 Å². The molecule has 2 aliphatic heterocycles. The molecule has 0 spiro atoms. The zero-order valence-electron chi connectivity index (χ0n) is 19.8. The van der Waals surface area contributed by atoms with Crippen LogP contribution in [0.1, 0.15) is 26.8 Å². The first-order chi connectivity index (χ1) is 19.1. The van der Waals surface area contributed by atoms with Crippen molar-refractivity contribution in [2.24, 2.45) is 0 Å². The number of aromatic nitrogens is 5. The number of amides is 3. The molecule has 2 aliphatic rings. The summed E-state index contributed by atoms with van der Waals surface area (Å²) in [5.74, 6) is -5.23. The molecule has 0 unspecified atom stereocenters. The van der Waals surface area contributed by atoms with E-state index < -0.39 is 47.5 Å². The first-order valence-corrected chi connectivity index (χ1v) is 13.9. The third-order valence-corrected chi connectivity index (χ3v) is 8.78. The van der Waals surface area contributed by atoms with Gasteiger partial charge in [0.1, 0.15) is 27.8 Å². The van der Waals surface area contributed by atoms with Crippen LogP contribution >= 0.6 is 34.9 Å². The molecule has 7 N–H and O–H groups in total. The van der Waals surface area contributed by atoms with Crippen molar-refractivity contribution in [2.75, 3.05) is 17.2 Å². The fraction of sp³-hybridized carbons (Fsp3) is 0.250. The van der Waals surface area contributed by atoms with E-state index in [4.69, 9.17) is 10.9 Å². The minimum absolute atomic E-state index is 0.0374. The van der Waals surface area contributed by atoms with E-state index in [1.807, 2.05) is 0 Å². The van der Waals surface area contributed by atoms with E-state index in [9.17, 15) is 34.2 Å². The number of thiazole rings is 1. The summed E-state index contributed by atoms with van der Waals surface area (Å²) >= 11 is 3.28. The molecule has 2 atom stereocenters. The van der Waals surface area contributed by atoms with Crippen LogP contribution in [0.2, 0.25) is 0 Å². The number of nitrogens with one attached hydrogen (secondary N) is 2. The maximum Gasteiger partial charge on any atom is 0.352 e. The smallest absolute Gasteiger partial charge is 0.352 e. The molecule has 208 valence electrons. The minimum atomic E-state index is -1.35. The molecular formula is C20H17N9O8S3. The van der Waals surface area contributed by atoms with E-state index in [1.165, 1.54) is 33.2 Å². The number of rotatable bonds is 9. The number of aliphatic hydroxyl groups is 1. The number of nitrogens with zero attached hydrogens (tertiary/aromatic N) is 6. The van der Waals surface area contributed by atoms with Crippen LogP contribution in [-0.4, -0.2) is 97.3 Å². The number of carbonyl (C=O) groups excluding carboxylic acids is 4. The van der Waals surface area contributed by atoms with Crippen LogP contribution in [0.5, 0.6) is 0 Å². The number of carbonyl (C=O) groups is 5. The highest BCUT2D eigenvalue weighted by molar-refractivity contribution is 8.01. The highest BCUT2D eigenvalue weighted by Gasteiger charge is 2.54. The number of hydrogen-bond acceptors (Lipinski definition) is 15. The van der Waals surface area contributed by atoms with Crippen molar-refractivity contribution < 1.29 is 39.4 Å². The molecule has 0 radical (unpaired) electrons. The van der Waals surface area contributed by atoms with Crippen LogP contribution in [0.4, 0.5) is 5.13 Å². The van der Waals surface area contributed by atoms with Crippen molar-refractivity contribution in [3.63, 3.8) is 0 Å². The van der Waals surface area contributed by atoms with Gasteiger partial charge in [0.15, 0.2) is 5.13 Å². The number of carboxylic acid groups (broad SMARTS) is 1. The summed E-state index contributed by atoms with van der Waals surface area (Å²) in [6.07, 6.45) is 0. The van der Waals surface area contributed by atoms with Crippen LogP contribution in [0.15, 0.2) is 27.7 Å². The van der Waals surface area contributed by atoms with E-state index in [1.54, 1.807) is 0 Å². The van der Waals surface area contributed by atoms with Gasteiger partial charge in [0.2, 0.25) is 5.82 Å². The van der Waals surface area contributed by atoms with Gasteiger partial charge in [-0.3, -0.25) is 29.3 Å². The molecule has 5 heterocycles. The van der Waals surface area contributed by atoms with Crippen molar-refractivity contribution in [1.82, 2.24) is 40.3 Å². The number of ketones is 1. The van der Waals surface area contributed by atoms with Gasteiger partial charge in [-0.2, -0.15) is 9.50 Å². The van der Waals surface area contributed by atoms with Gasteiger partial charge in [-0.15, -0.1) is 40.0 Å². The van der Waals surface area contributed by atoms with Gasteiger partial charge in [0, 0.05) is 16.9 Å². The van der Waals surface area contributed by atoms with Gasteiger partial charge in [-0.05, 0) is 11.6 Å². The Bertz CT molecular complexity index is 1620. The Hall–Kier alpha value is -4.11. The highest BCUT2D eigenvalue weighted by Crippen LogP contribution is 2.41. The number of hydroxylamine groups is 1. The van der Waals surface area contributed by atoms with Crippen molar-refractivity contribution in [1.29, 1.82) is 0 Å². The Morgan fingerprint density at radius 1 is 1.23 bits per heavy atom. The average molecular weight is 608 g/mol. The Balaban J connectivity index is 1.35. The molecular weight excluding hydrogens is 590 g/mol. The summed E-state index contributed by atoms with van der Waals surface area (Å²) in [6, 6.07) is 0.360. The predicted molar refractivity (Wildman–Crippen MR) is 137 cm³/mol. The zero-order valence-corrected chi connectivity index (χ0v) is 22.2. The third-order valence-electron chi connectivity index (χ3n) is 5.69. The number of carboxylic acids is 1. The number of aliphatic hydroxyl groups excluding tert-OH is 1. The fourth-order valence-electron chi connectivity index (χ4n) is 3.89. The normalized spacial score (nSPS) is 18.4. The molecule has 3 aromatic heterocycles. The van der Waals surface area contributed by atoms with E-state index in [0.717, 1.165) is 28.0 Å². The van der Waals surface area contributed by atoms with E-state index in [-0.39, 0.29) is 45.3 Å². The van der Waals surface area contributed by atoms with Crippen LogP contribution < -0.4 is 16.5 Å². The quantitative estimate of drug-likeness (QED) is 0.0307. The molecule has 17 nitrogen and oxygen atoms in total. The van der Waals surface area contributed by atoms with Crippen molar-refractivity contribution in [3.05, 3.63) is 39.9 Å². The number of anilines is 1. The van der Waals surface area contributed by atoms with Crippen LogP contribution in [-0.2, 0) is 21.0 Å². The summed E-state index contributed by atoms with van der Waals surface area (Å²) in [7, 11) is 0. The predicted octanol–water partition coefficient (Wildman–Crippen LogP) is -1.51. The van der Waals surface area contributed by atoms with Gasteiger partial charge in [-0.25, -0.2) is 20.2 Å². The number of β-lactam (4-membered cyclic amide) rings is 1. The Morgan fingerprint density at radius 2 is 2.00 bits per heavy atom. The maximum absolute atomic E-state index is 12.9. The largest absolute Gasteiger partial charge is 0.477 e. The Morgan fingerprint density at radius 3 is 2.65 bits per heavy atom. The summed E-state index contributed by atoms with van der Waals surface area (Å²) in [6.45, 7) is -0.452. The molecule has 0 bridgehead atoms. The van der Waals surface area contributed by atoms with E-state index in [0.29, 0.717) is 10.6 Å². The lowest BCUT2D eigenvalue weighted by Gasteiger charge is -2.49. The molecule has 0 aliphatic carbocycles. The molecule has 5 rings (SSSR count). The number of nitrogens with two attached hydrogens (primary N) is 1. The summed E-state index contributed by atoms with van der Waals surface area (Å²) in [4.78, 5) is 74.4. The molecule has 20 heteroatoms. The summed E-state index contributed by atoms with van der Waals surface area (Å²) in [5.41, 5.74) is 7.09. The van der Waals surface area contributed by atoms with Gasteiger partial charge in [0.05, 0.1) is 12.3 Å². The van der Waals surface area contributed by atoms with Gasteiger partial charge in [-0.1, -0.05) is 0 Å². The second kappa shape index (κ2) is 10.8. The number of Topliss-reactive ketones (excluding diaryl/α,β-unsaturated/α-hetero) is 1. The van der Waals surface area contributed by atoms with Gasteiger partial charge < -0.3 is 21.3 Å². The maximum atomic E-state index is 12.9. The van der Waals surface area contributed by atoms with Crippen molar-refractivity contribution in [2.45, 2.75) is 23.0 Å². The molecule has 3 aromatic rings. The molecule has 0 aromatic carbocycles. The topological polar surface area (TPSA) is 255 Å². The first kappa shape index (κ1) is 27.5. The van der Waals surface area contributed by atoms with Crippen LogP contribution in [0, 0.1) is 0 Å². The molecule has 40 heavy (non-hydrogen) atoms. The average Bonchev–Trinajstić information content (AvgIpc) is 3.59. The molecule has 0 saturated carbocycles. The molecule has 3 amide bonds. The second-order valence-corrected chi connectivity index (χ2v) is 11.1. The highest BCUT2D eigenvalue weighted by atomic mass is 32.2. The SMILES string of the molecule is Nc1nc(C(=O)C(=O)N[C@@H]2C(=O)N3C(C(=O)O)=C(CSc4cc(CO)nc5nc(C(=O)NO)nn45)CS[C@H]23)cs1. The fourth-order valence-corrected chi connectivity index (χ4v) is 6.93. The molecule has 1 saturated heterocycles. The van der Waals surface area contributed by atoms with E-state index >= 15 is 0 Å². The van der Waals surface area contributed by atoms with Crippen molar-refractivity contribution >= 4 is 75.2 Å². The van der Waals surface area contributed by atoms with Crippen LogP contribution in [0.3, 0.4) is 0 Å². The van der Waals surface area contributed by atoms with Gasteiger partial charge in [0.25, 0.3) is 23.4 Å². The minimum Gasteiger partial charge on any atom is -0.477 e. The van der Waals surface area contributed by atoms with E-state index in [2.05, 4.69) is 25.4 Å². The third kappa shape index (κ3) is 4.86. The number of aliphatic carboxylic acids is 1. The number of hydrogen-bond donors (Lipinski definition) is 6. The number of fused-ring (bicyclic) bond motifs is 2. The lowest BCUT2D eigenvalue weighted by molar-refractivity contribution is -0.150. The second-order valence-electron chi connectivity index (χ2n) is 8.14. The zero-order chi connectivity index (χ0) is 28.7. The summed E-state index contributed by atoms with van der Waals surface area (Å²) in [5, 5.41) is 35.7. The number of nitrogen functional groups attached to an aromatic ring is 1. The number of thioether (sulfide) groups is 2. The lowest BCUT2D eigenvalue weighted by Crippen LogP contribution is -2.71. The Kier molecular flexibility index (Phi) is 7.42. The molecule has 1 fully saturated rings. The Labute approximate surface area is 234 Å². The standard InChI is InChI=1S/C20H17N9O8S3/c21-19-23-8(5-40-19)12(31)14(32)24-10-16(34)28-11(18(35)36)6(4-39-17(10)28)3-38-9-1-7(2-30)22-20-25-13(15(33)27-37)26-29(9)20/h1,5,10,17,30,37H,2-4H2,(H2,21,23)(H,24,32)(H,27,33)(H,35,36)/t10-,17-/m1/s1. The summed E-state index contributed by atoms with van der Waals surface area (Å²) < 4.78 is 1.20. The monoisotopic (exact) mass is 607 g/mol. The lowest BCUT2D eigenvalue weighted by atomic mass is 10.0. The van der Waals surface area contributed by atoms with Crippen LogP contribution in [0.25, 0.3) is 5.78 Å². The first-order valence-electron chi connectivity index (χ1n) is 11.0.